The molecule has 3 heterocycles. The average molecular weight is 387 g/mol. The van der Waals surface area contributed by atoms with E-state index in [1.807, 2.05) is 60.8 Å². The van der Waals surface area contributed by atoms with Gasteiger partial charge in [0, 0.05) is 31.4 Å². The zero-order valence-electron chi connectivity index (χ0n) is 15.8. The first-order valence-electron chi connectivity index (χ1n) is 9.73. The Morgan fingerprint density at radius 3 is 2.62 bits per heavy atom. The van der Waals surface area contributed by atoms with Crippen LogP contribution >= 0.6 is 0 Å². The maximum atomic E-state index is 5.87. The van der Waals surface area contributed by atoms with Crippen LogP contribution in [0.15, 0.2) is 67.0 Å². The third-order valence-electron chi connectivity index (χ3n) is 5.12. The van der Waals surface area contributed by atoms with Crippen LogP contribution in [0.25, 0.3) is 5.69 Å². The van der Waals surface area contributed by atoms with E-state index in [1.165, 1.54) is 0 Å². The van der Waals surface area contributed by atoms with Crippen molar-refractivity contribution in [2.45, 2.75) is 18.8 Å². The number of ether oxygens (including phenoxy) is 1. The van der Waals surface area contributed by atoms with Crippen molar-refractivity contribution >= 4 is 5.95 Å². The molecule has 8 nitrogen and oxygen atoms in total. The first kappa shape index (κ1) is 17.4. The molecule has 2 aromatic carbocycles. The number of nitrogens with zero attached hydrogens (tertiary/aromatic N) is 6. The number of nitrogens with one attached hydrogen (secondary N) is 1. The van der Waals surface area contributed by atoms with Gasteiger partial charge in [-0.3, -0.25) is 0 Å². The average Bonchev–Trinajstić information content (AvgIpc) is 3.48. The maximum Gasteiger partial charge on any atom is 0.250 e. The van der Waals surface area contributed by atoms with Gasteiger partial charge in [0.2, 0.25) is 5.95 Å². The summed E-state index contributed by atoms with van der Waals surface area (Å²) < 4.78 is 7.65. The van der Waals surface area contributed by atoms with Gasteiger partial charge in [0.05, 0.1) is 5.69 Å². The van der Waals surface area contributed by atoms with E-state index in [2.05, 4.69) is 30.4 Å². The molecule has 146 valence electrons. The van der Waals surface area contributed by atoms with Crippen molar-refractivity contribution < 1.29 is 4.74 Å². The van der Waals surface area contributed by atoms with Crippen molar-refractivity contribution in [1.82, 2.24) is 30.2 Å². The summed E-state index contributed by atoms with van der Waals surface area (Å²) in [5.41, 5.74) is 0.894. The zero-order valence-corrected chi connectivity index (χ0v) is 15.8. The molecule has 1 aliphatic rings. The smallest absolute Gasteiger partial charge is 0.250 e. The Kier molecular flexibility index (Phi) is 4.65. The molecule has 1 unspecified atom stereocenters. The van der Waals surface area contributed by atoms with Crippen LogP contribution in [0, 0.1) is 0 Å². The number of tetrazole rings is 1. The van der Waals surface area contributed by atoms with Gasteiger partial charge >= 0.3 is 0 Å². The maximum absolute atomic E-state index is 5.87. The summed E-state index contributed by atoms with van der Waals surface area (Å²) in [6, 6.07) is 17.5. The Balaban J connectivity index is 1.34. The minimum Gasteiger partial charge on any atom is -0.457 e. The normalized spacial score (nSPS) is 16.7. The molecule has 1 aliphatic heterocycles. The molecule has 29 heavy (non-hydrogen) atoms. The Labute approximate surface area is 168 Å². The van der Waals surface area contributed by atoms with Gasteiger partial charge in [-0.1, -0.05) is 23.3 Å². The van der Waals surface area contributed by atoms with Gasteiger partial charge in [-0.15, -0.1) is 0 Å². The van der Waals surface area contributed by atoms with Crippen molar-refractivity contribution in [2.75, 3.05) is 18.0 Å². The highest BCUT2D eigenvalue weighted by Crippen LogP contribution is 2.28. The van der Waals surface area contributed by atoms with Gasteiger partial charge in [0.25, 0.3) is 0 Å². The lowest BCUT2D eigenvalue weighted by atomic mass is 9.98. The van der Waals surface area contributed by atoms with Crippen molar-refractivity contribution in [3.05, 3.63) is 72.8 Å². The summed E-state index contributed by atoms with van der Waals surface area (Å²) in [5, 5.41) is 12.4. The molecule has 0 radical (unpaired) electrons. The highest BCUT2D eigenvalue weighted by Gasteiger charge is 2.26. The van der Waals surface area contributed by atoms with Gasteiger partial charge in [-0.25, -0.2) is 4.98 Å². The zero-order chi connectivity index (χ0) is 19.5. The molecule has 0 saturated carbocycles. The minimum absolute atomic E-state index is 0.352. The molecular weight excluding hydrogens is 366 g/mol. The fourth-order valence-electron chi connectivity index (χ4n) is 3.71. The summed E-state index contributed by atoms with van der Waals surface area (Å²) in [6.07, 6.45) is 5.86. The molecule has 0 amide bonds. The van der Waals surface area contributed by atoms with Crippen molar-refractivity contribution in [3.63, 3.8) is 0 Å². The topological polar surface area (TPSA) is 84.8 Å². The lowest BCUT2D eigenvalue weighted by Crippen LogP contribution is -2.36. The third-order valence-corrected chi connectivity index (χ3v) is 5.12. The molecular formula is C21H21N7O. The van der Waals surface area contributed by atoms with E-state index < -0.39 is 0 Å². The summed E-state index contributed by atoms with van der Waals surface area (Å²) in [6.45, 7) is 1.76. The van der Waals surface area contributed by atoms with Gasteiger partial charge in [-0.2, -0.15) is 4.68 Å². The number of aromatic amines is 1. The predicted molar refractivity (Wildman–Crippen MR) is 108 cm³/mol. The second-order valence-corrected chi connectivity index (χ2v) is 7.06. The first-order valence-corrected chi connectivity index (χ1v) is 9.73. The number of H-pyrrole nitrogens is 1. The largest absolute Gasteiger partial charge is 0.457 e. The monoisotopic (exact) mass is 387 g/mol. The van der Waals surface area contributed by atoms with Crippen molar-refractivity contribution in [3.8, 4) is 17.2 Å². The van der Waals surface area contributed by atoms with Gasteiger partial charge in [0.1, 0.15) is 17.3 Å². The van der Waals surface area contributed by atoms with Crippen LogP contribution in [0.5, 0.6) is 11.5 Å². The second kappa shape index (κ2) is 7.75. The van der Waals surface area contributed by atoms with E-state index >= 15 is 0 Å². The molecule has 1 fully saturated rings. The Hall–Kier alpha value is -3.68. The van der Waals surface area contributed by atoms with Crippen LogP contribution in [0.3, 0.4) is 0 Å². The Morgan fingerprint density at radius 2 is 1.83 bits per heavy atom. The summed E-state index contributed by atoms with van der Waals surface area (Å²) >= 11 is 0. The standard InChI is InChI=1S/C21H21N7O/c1-2-6-18(7-3-1)29-19-10-8-17(9-11-19)28-21(24-25-26-28)27-14-4-5-16(15-27)20-22-12-13-23-20/h1-3,6-13,16H,4-5,14-15H2,(H,22,23). The van der Waals surface area contributed by atoms with Gasteiger partial charge in [0.15, 0.2) is 0 Å². The van der Waals surface area contributed by atoms with Gasteiger partial charge in [-0.05, 0) is 59.7 Å². The summed E-state index contributed by atoms with van der Waals surface area (Å²) in [5.74, 6) is 3.70. The number of piperidine rings is 1. The molecule has 1 atom stereocenters. The van der Waals surface area contributed by atoms with Crippen LogP contribution in [0.4, 0.5) is 5.95 Å². The van der Waals surface area contributed by atoms with E-state index in [-0.39, 0.29) is 0 Å². The predicted octanol–water partition coefficient (Wildman–Crippen LogP) is 3.56. The lowest BCUT2D eigenvalue weighted by molar-refractivity contribution is 0.482. The Bertz CT molecular complexity index is 1040. The SMILES string of the molecule is c1ccc(Oc2ccc(-n3nnnc3N3CCCC(c4ncc[nH]4)C3)cc2)cc1. The number of benzene rings is 2. The second-order valence-electron chi connectivity index (χ2n) is 7.06. The molecule has 0 spiro atoms. The highest BCUT2D eigenvalue weighted by molar-refractivity contribution is 5.44. The molecule has 0 aliphatic carbocycles. The summed E-state index contributed by atoms with van der Waals surface area (Å²) in [4.78, 5) is 9.89. The fraction of sp³-hybridized carbons (Fsp3) is 0.238. The number of para-hydroxylation sites is 1. The molecule has 5 rings (SSSR count). The number of aromatic nitrogens is 6. The highest BCUT2D eigenvalue weighted by atomic mass is 16.5. The quantitative estimate of drug-likeness (QED) is 0.564. The number of imidazole rings is 1. The van der Waals surface area contributed by atoms with Crippen molar-refractivity contribution in [2.24, 2.45) is 0 Å². The number of hydrogen-bond donors (Lipinski definition) is 1. The van der Waals surface area contributed by atoms with E-state index in [9.17, 15) is 0 Å². The molecule has 8 heteroatoms. The van der Waals surface area contributed by atoms with Crippen LogP contribution in [-0.2, 0) is 0 Å². The molecule has 1 N–H and O–H groups in total. The van der Waals surface area contributed by atoms with Crippen LogP contribution in [0.1, 0.15) is 24.6 Å². The van der Waals surface area contributed by atoms with Crippen molar-refractivity contribution in [1.29, 1.82) is 0 Å². The van der Waals surface area contributed by atoms with E-state index in [0.717, 1.165) is 54.9 Å². The first-order chi connectivity index (χ1) is 14.4. The van der Waals surface area contributed by atoms with Crippen LogP contribution < -0.4 is 9.64 Å². The van der Waals surface area contributed by atoms with E-state index in [0.29, 0.717) is 5.92 Å². The summed E-state index contributed by atoms with van der Waals surface area (Å²) in [7, 11) is 0. The number of hydrogen-bond acceptors (Lipinski definition) is 6. The molecule has 0 bridgehead atoms. The molecule has 2 aromatic heterocycles. The lowest BCUT2D eigenvalue weighted by Gasteiger charge is -2.31. The molecule has 1 saturated heterocycles. The number of anilines is 1. The van der Waals surface area contributed by atoms with E-state index in [4.69, 9.17) is 4.74 Å². The van der Waals surface area contributed by atoms with Crippen LogP contribution in [0.2, 0.25) is 0 Å². The van der Waals surface area contributed by atoms with Crippen LogP contribution in [-0.4, -0.2) is 43.3 Å². The van der Waals surface area contributed by atoms with E-state index in [1.54, 1.807) is 10.9 Å². The van der Waals surface area contributed by atoms with Gasteiger partial charge < -0.3 is 14.6 Å². The molecule has 4 aromatic rings. The minimum atomic E-state index is 0.352. The fourth-order valence-corrected chi connectivity index (χ4v) is 3.71. The third kappa shape index (κ3) is 3.69. The number of rotatable bonds is 5. The Morgan fingerprint density at radius 1 is 1.00 bits per heavy atom.